The van der Waals surface area contributed by atoms with E-state index in [4.69, 9.17) is 52.9 Å². The topological polar surface area (TPSA) is 678 Å². The number of amides is 6. The van der Waals surface area contributed by atoms with Crippen molar-refractivity contribution in [3.05, 3.63) is 167 Å². The highest BCUT2D eigenvalue weighted by Crippen LogP contribution is 2.44. The van der Waals surface area contributed by atoms with Crippen LogP contribution in [0.25, 0.3) is 22.3 Å². The van der Waals surface area contributed by atoms with Crippen LogP contribution in [0.3, 0.4) is 0 Å². The fraction of sp³-hybridized carbons (Fsp3) is 0.479. The number of hydrogen-bond donors (Lipinski definition) is 18. The lowest BCUT2D eigenvalue weighted by molar-refractivity contribution is -0.193. The number of carboxylic acid groups (broad SMARTS) is 8. The highest BCUT2D eigenvalue weighted by molar-refractivity contribution is 8.01. The molecule has 22 N–H and O–H groups in total. The molecule has 2 aromatic heterocycles. The molecule has 10 atom stereocenters. The molecule has 0 fully saturated rings. The summed E-state index contributed by atoms with van der Waals surface area (Å²) in [6.45, 7) is 9.72. The lowest BCUT2D eigenvalue weighted by Crippen LogP contribution is -2.47. The number of ketones is 4. The van der Waals surface area contributed by atoms with Crippen molar-refractivity contribution in [2.24, 2.45) is 33.8 Å². The maximum Gasteiger partial charge on any atom is 0.490 e. The molecule has 0 saturated carbocycles. The summed E-state index contributed by atoms with van der Waals surface area (Å²) in [4.78, 5) is 219. The molecule has 6 amide bonds. The second kappa shape index (κ2) is 61.9. The van der Waals surface area contributed by atoms with Crippen molar-refractivity contribution in [2.45, 2.75) is 229 Å². The molecule has 0 aliphatic heterocycles. The number of aliphatic hydroxyl groups is 2. The van der Waals surface area contributed by atoms with E-state index in [1.165, 1.54) is 9.80 Å². The van der Waals surface area contributed by atoms with Gasteiger partial charge in [-0.25, -0.2) is 27.2 Å². The van der Waals surface area contributed by atoms with Crippen molar-refractivity contribution in [3.63, 3.8) is 0 Å². The molecular weight excluding hydrogens is 2020 g/mol. The zero-order valence-corrected chi connectivity index (χ0v) is 82.9. The molecule has 6 rings (SSSR count). The van der Waals surface area contributed by atoms with E-state index in [2.05, 4.69) is 21.3 Å². The Morgan fingerprint density at radius 1 is 0.399 bits per heavy atom. The Morgan fingerprint density at radius 3 is 0.993 bits per heavy atom. The van der Waals surface area contributed by atoms with Crippen LogP contribution in [0.1, 0.15) is 179 Å². The number of aromatic nitrogens is 2. The molecule has 0 spiro atoms. The Hall–Kier alpha value is -13.5. The number of hydrogen-bond acceptors (Lipinski definition) is 26. The number of aliphatic hydroxyl groups excluding tert-OH is 2. The maximum absolute atomic E-state index is 15.1. The standard InChI is InChI=1S/2C46H60F2N6O12S.2C2HF3O2/c2*1-46(2,3)43(35-20-28(30-21-29(47)11-12-31(30)48)24-53(35)23-27-8-5-4-6-9-27)54(40(59)25-55)19-17-32(49)44(64)51-18-7-10-36(56)34(13-16-41(60)61)52-39(58)15-14-37(57)38(22-42(62)63)67-26-33(50)45(65)66;2*3-2(4,5)1(6)7/h2*4-6,8-9,11-12,20-21,24,32-34,38,43,55H,7,10,13-19,22-23,25-26,49-50H2,1-3H3,(H,51,64)(H,52,58)(H,60,61)(H,62,63)(H,65,66);2*(H,6,7)/t32-,33-,34+,38+,43-;32-,33-,34+,38-,43-;;/m00../s1. The summed E-state index contributed by atoms with van der Waals surface area (Å²) in [5.41, 5.74) is 25.6. The number of alkyl halides is 6. The molecule has 0 aliphatic rings. The van der Waals surface area contributed by atoms with Crippen molar-refractivity contribution < 1.29 is 181 Å². The minimum Gasteiger partial charge on any atom is -0.481 e. The average Bonchev–Trinajstić information content (AvgIpc) is 1.62. The summed E-state index contributed by atoms with van der Waals surface area (Å²) in [6, 6.07) is 19.1. The van der Waals surface area contributed by atoms with Gasteiger partial charge in [0.1, 0.15) is 60.1 Å². The fourth-order valence-corrected chi connectivity index (χ4v) is 16.8. The highest BCUT2D eigenvalue weighted by Gasteiger charge is 2.43. The molecular formula is C96H122F10N12O28S2. The Morgan fingerprint density at radius 2 is 0.716 bits per heavy atom. The van der Waals surface area contributed by atoms with E-state index in [1.807, 2.05) is 111 Å². The van der Waals surface area contributed by atoms with Crippen molar-refractivity contribution >= 4 is 130 Å². The van der Waals surface area contributed by atoms with Crippen LogP contribution in [0.5, 0.6) is 0 Å². The maximum atomic E-state index is 15.1. The molecule has 4 aromatic carbocycles. The van der Waals surface area contributed by atoms with Crippen molar-refractivity contribution in [1.82, 2.24) is 40.2 Å². The summed E-state index contributed by atoms with van der Waals surface area (Å²) in [7, 11) is 0. The van der Waals surface area contributed by atoms with Gasteiger partial charge in [0.15, 0.2) is 11.6 Å². The van der Waals surface area contributed by atoms with Crippen LogP contribution >= 0.6 is 23.5 Å². The van der Waals surface area contributed by atoms with Gasteiger partial charge in [0.05, 0.1) is 59.6 Å². The smallest absolute Gasteiger partial charge is 0.481 e. The third-order valence-corrected chi connectivity index (χ3v) is 24.5. The predicted octanol–water partition coefficient (Wildman–Crippen LogP) is 7.79. The number of carbonyl (C=O) groups excluding carboxylic acids is 10. The number of halogens is 10. The molecule has 0 bridgehead atoms. The lowest BCUT2D eigenvalue weighted by atomic mass is 9.82. The van der Waals surface area contributed by atoms with E-state index >= 15 is 8.78 Å². The number of benzene rings is 4. The van der Waals surface area contributed by atoms with Crippen molar-refractivity contribution in [3.8, 4) is 22.3 Å². The first-order chi connectivity index (χ1) is 68.9. The van der Waals surface area contributed by atoms with Gasteiger partial charge in [0, 0.05) is 148 Å². The zero-order chi connectivity index (χ0) is 112. The second-order valence-electron chi connectivity index (χ2n) is 35.7. The van der Waals surface area contributed by atoms with Gasteiger partial charge in [-0.05, 0) is 109 Å². The molecule has 40 nitrogen and oxygen atoms in total. The van der Waals surface area contributed by atoms with Crippen LogP contribution in [0, 0.1) is 34.1 Å². The molecule has 0 unspecified atom stereocenters. The number of thioether (sulfide) groups is 2. The fourth-order valence-electron chi connectivity index (χ4n) is 14.5. The normalized spacial score (nSPS) is 13.4. The Bertz CT molecular complexity index is 5200. The first-order valence-corrected chi connectivity index (χ1v) is 47.7. The number of carbonyl (C=O) groups is 18. The Labute approximate surface area is 850 Å². The van der Waals surface area contributed by atoms with Crippen LogP contribution in [0.4, 0.5) is 43.9 Å². The van der Waals surface area contributed by atoms with Gasteiger partial charge in [0.25, 0.3) is 0 Å². The van der Waals surface area contributed by atoms with E-state index < -0.39 is 276 Å². The van der Waals surface area contributed by atoms with Gasteiger partial charge in [0.2, 0.25) is 35.4 Å². The number of nitrogens with one attached hydrogen (secondary N) is 4. The third kappa shape index (κ3) is 46.3. The highest BCUT2D eigenvalue weighted by atomic mass is 32.2. The number of nitrogens with zero attached hydrogens (tertiary/aromatic N) is 4. The van der Waals surface area contributed by atoms with Gasteiger partial charge in [-0.3, -0.25) is 76.7 Å². The number of carboxylic acids is 8. The van der Waals surface area contributed by atoms with Crippen LogP contribution in [0.2, 0.25) is 0 Å². The Balaban J connectivity index is 0.000000671. The van der Waals surface area contributed by atoms with Crippen LogP contribution in [0.15, 0.2) is 122 Å². The predicted molar refractivity (Wildman–Crippen MR) is 514 cm³/mol. The van der Waals surface area contributed by atoms with Crippen LogP contribution in [-0.4, -0.2) is 286 Å². The minimum absolute atomic E-state index is 0.00831. The van der Waals surface area contributed by atoms with Gasteiger partial charge in [-0.1, -0.05) is 102 Å². The van der Waals surface area contributed by atoms with E-state index in [1.54, 1.807) is 24.5 Å². The molecule has 2 heterocycles. The van der Waals surface area contributed by atoms with E-state index in [9.17, 15) is 142 Å². The number of aliphatic carboxylic acids is 8. The van der Waals surface area contributed by atoms with E-state index in [-0.39, 0.29) is 100 Å². The average molecular weight is 2150 g/mol. The van der Waals surface area contributed by atoms with Crippen molar-refractivity contribution in [1.29, 1.82) is 0 Å². The molecule has 0 saturated heterocycles. The number of nitrogens with two attached hydrogens (primary N) is 4. The first-order valence-electron chi connectivity index (χ1n) is 45.6. The lowest BCUT2D eigenvalue weighted by Gasteiger charge is -2.41. The molecule has 816 valence electrons. The number of Topliss-reactive ketones (excluding diaryl/α,β-unsaturated/α-hetero) is 4. The SMILES string of the molecule is CC(C)(C)[C@H](c1cc(-c2cc(F)ccc2F)cn1Cc1ccccc1)N(CC[C@H](N)C(=O)NCCCC(=O)[C@@H](CCC(=O)O)NC(=O)CCC(=O)[C@@H](CC(=O)O)SC[C@H](N)C(=O)O)C(=O)CO.CC(C)(C)[C@H](c1cc(-c2cc(F)ccc2F)cn1Cc1ccccc1)N(CC[C@H](N)C(=O)NCCCC(=O)[C@@H](CCC(=O)O)NC(=O)CCC(=O)[C@H](CC(=O)O)SC[C@H](N)C(=O)O)C(=O)CO.O=C(O)C(F)(F)F.O=C(O)C(F)(F)F. The molecule has 52 heteroatoms. The minimum atomic E-state index is -5.08. The quantitative estimate of drug-likeness (QED) is 0.0128. The van der Waals surface area contributed by atoms with Crippen LogP contribution < -0.4 is 44.2 Å². The van der Waals surface area contributed by atoms with E-state index in [0.717, 1.165) is 71.0 Å². The molecule has 6 aromatic rings. The van der Waals surface area contributed by atoms with Crippen molar-refractivity contribution in [2.75, 3.05) is 50.9 Å². The summed E-state index contributed by atoms with van der Waals surface area (Å²) in [6.07, 6.45) is -12.0. The first kappa shape index (κ1) is 129. The van der Waals surface area contributed by atoms with Crippen LogP contribution in [-0.2, 0) is 99.4 Å². The molecule has 148 heavy (non-hydrogen) atoms. The zero-order valence-electron chi connectivity index (χ0n) is 81.2. The third-order valence-electron chi connectivity index (χ3n) is 21.7. The largest absolute Gasteiger partial charge is 0.490 e. The number of rotatable bonds is 58. The Kier molecular flexibility index (Phi) is 53.8. The van der Waals surface area contributed by atoms with Gasteiger partial charge < -0.3 is 114 Å². The second-order valence-corrected chi connectivity index (χ2v) is 38.2. The molecule has 0 aliphatic carbocycles. The summed E-state index contributed by atoms with van der Waals surface area (Å²) < 4.78 is 126. The van der Waals surface area contributed by atoms with Gasteiger partial charge >= 0.3 is 60.1 Å². The monoisotopic (exact) mass is 2140 g/mol. The summed E-state index contributed by atoms with van der Waals surface area (Å²) >= 11 is 1.46. The van der Waals surface area contributed by atoms with Gasteiger partial charge in [-0.15, -0.1) is 23.5 Å². The van der Waals surface area contributed by atoms with Gasteiger partial charge in [-0.2, -0.15) is 26.3 Å². The van der Waals surface area contributed by atoms with E-state index in [0.29, 0.717) is 35.6 Å². The summed E-state index contributed by atoms with van der Waals surface area (Å²) in [5, 5.41) is 97.1. The molecule has 0 radical (unpaired) electrons. The summed E-state index contributed by atoms with van der Waals surface area (Å²) in [5.74, 6) is -23.1.